The van der Waals surface area contributed by atoms with E-state index in [2.05, 4.69) is 26.2 Å². The maximum absolute atomic E-state index is 12.9. The quantitative estimate of drug-likeness (QED) is 0.516. The number of aliphatic carboxylic acids is 1. The summed E-state index contributed by atoms with van der Waals surface area (Å²) in [4.78, 5) is 27.8. The van der Waals surface area contributed by atoms with E-state index in [1.807, 2.05) is 24.3 Å². The molecule has 1 amide bonds. The van der Waals surface area contributed by atoms with Gasteiger partial charge in [-0.15, -0.1) is 0 Å². The second-order valence-corrected chi connectivity index (χ2v) is 6.94. The molecule has 0 saturated heterocycles. The van der Waals surface area contributed by atoms with Gasteiger partial charge in [0.1, 0.15) is 23.1 Å². The molecule has 28 heavy (non-hydrogen) atoms. The lowest BCUT2D eigenvalue weighted by molar-refractivity contribution is -0.139. The maximum atomic E-state index is 12.9. The van der Waals surface area contributed by atoms with Gasteiger partial charge in [0.15, 0.2) is 0 Å². The number of amides is 1. The third-order valence-corrected chi connectivity index (χ3v) is 5.05. The van der Waals surface area contributed by atoms with Gasteiger partial charge in [-0.25, -0.2) is 4.79 Å². The van der Waals surface area contributed by atoms with E-state index in [0.29, 0.717) is 4.47 Å². The predicted molar refractivity (Wildman–Crippen MR) is 108 cm³/mol. The van der Waals surface area contributed by atoms with Crippen LogP contribution in [0.5, 0.6) is 11.5 Å². The number of carbonyl (C=O) groups excluding carboxylic acids is 1. The van der Waals surface area contributed by atoms with Gasteiger partial charge in [0, 0.05) is 23.5 Å². The van der Waals surface area contributed by atoms with Crippen molar-refractivity contribution in [3.8, 4) is 11.5 Å². The number of H-pyrrole nitrogens is 1. The minimum absolute atomic E-state index is 0.129. The van der Waals surface area contributed by atoms with Crippen LogP contribution in [0.2, 0.25) is 0 Å². The fraction of sp³-hybridized carbons (Fsp3) is 0.200. The molecule has 0 aliphatic heterocycles. The molecule has 0 bridgehead atoms. The summed E-state index contributed by atoms with van der Waals surface area (Å²) in [6.07, 6.45) is 1.89. The van der Waals surface area contributed by atoms with Crippen LogP contribution < -0.4 is 14.8 Å². The van der Waals surface area contributed by atoms with E-state index in [-0.39, 0.29) is 23.5 Å². The van der Waals surface area contributed by atoms with Crippen molar-refractivity contribution in [1.29, 1.82) is 0 Å². The van der Waals surface area contributed by atoms with Crippen LogP contribution in [-0.2, 0) is 11.2 Å². The lowest BCUT2D eigenvalue weighted by atomic mass is 10.0. The molecule has 3 N–H and O–H groups in total. The number of rotatable bonds is 7. The highest BCUT2D eigenvalue weighted by atomic mass is 79.9. The number of hydrogen-bond acceptors (Lipinski definition) is 4. The summed E-state index contributed by atoms with van der Waals surface area (Å²) in [6.45, 7) is 0. The number of aromatic amines is 1. The van der Waals surface area contributed by atoms with Crippen LogP contribution in [0, 0.1) is 0 Å². The van der Waals surface area contributed by atoms with Gasteiger partial charge in [-0.1, -0.05) is 18.2 Å². The number of halogens is 1. The Morgan fingerprint density at radius 1 is 1.18 bits per heavy atom. The lowest BCUT2D eigenvalue weighted by Crippen LogP contribution is -2.42. The van der Waals surface area contributed by atoms with Crippen molar-refractivity contribution in [3.63, 3.8) is 0 Å². The molecular weight excluding hydrogens is 428 g/mol. The van der Waals surface area contributed by atoms with Crippen molar-refractivity contribution in [2.45, 2.75) is 12.5 Å². The molecule has 3 aromatic rings. The SMILES string of the molecule is COc1ccc(Br)c(OC)c1C(=O)N[C@@H](Cc1c[nH]c2ccccc12)C(=O)O. The number of ether oxygens (including phenoxy) is 2. The van der Waals surface area contributed by atoms with Crippen molar-refractivity contribution in [2.75, 3.05) is 14.2 Å². The third-order valence-electron chi connectivity index (χ3n) is 4.42. The van der Waals surface area contributed by atoms with E-state index >= 15 is 0 Å². The number of carboxylic acid groups (broad SMARTS) is 1. The van der Waals surface area contributed by atoms with E-state index in [1.165, 1.54) is 14.2 Å². The smallest absolute Gasteiger partial charge is 0.326 e. The topological polar surface area (TPSA) is 101 Å². The standard InChI is InChI=1S/C20H19BrN2O5/c1-27-16-8-7-13(21)18(28-2)17(16)19(24)23-15(20(25)26)9-11-10-22-14-6-4-3-5-12(11)14/h3-8,10,15,22H,9H2,1-2H3,(H,23,24)(H,25,26)/t15-/m0/s1. The molecule has 0 aliphatic carbocycles. The van der Waals surface area contributed by atoms with Gasteiger partial charge in [0.25, 0.3) is 5.91 Å². The molecule has 1 heterocycles. The van der Waals surface area contributed by atoms with Crippen LogP contribution in [-0.4, -0.2) is 42.2 Å². The van der Waals surface area contributed by atoms with Gasteiger partial charge in [0.05, 0.1) is 18.7 Å². The first-order valence-corrected chi connectivity index (χ1v) is 9.24. The Labute approximate surface area is 169 Å². The Morgan fingerprint density at radius 2 is 1.93 bits per heavy atom. The van der Waals surface area contributed by atoms with Crippen LogP contribution in [0.4, 0.5) is 0 Å². The highest BCUT2D eigenvalue weighted by Crippen LogP contribution is 2.35. The monoisotopic (exact) mass is 446 g/mol. The molecule has 1 atom stereocenters. The number of benzene rings is 2. The highest BCUT2D eigenvalue weighted by Gasteiger charge is 2.27. The van der Waals surface area contributed by atoms with E-state index in [0.717, 1.165) is 16.5 Å². The van der Waals surface area contributed by atoms with E-state index in [9.17, 15) is 14.7 Å². The molecule has 0 fully saturated rings. The van der Waals surface area contributed by atoms with Crippen LogP contribution in [0.3, 0.4) is 0 Å². The Bertz CT molecular complexity index is 1030. The fourth-order valence-electron chi connectivity index (χ4n) is 3.07. The first kappa shape index (κ1) is 19.8. The minimum atomic E-state index is -1.13. The molecule has 0 radical (unpaired) electrons. The van der Waals surface area contributed by atoms with E-state index < -0.39 is 17.9 Å². The highest BCUT2D eigenvalue weighted by molar-refractivity contribution is 9.10. The summed E-state index contributed by atoms with van der Waals surface area (Å²) in [7, 11) is 2.86. The molecule has 1 aromatic heterocycles. The van der Waals surface area contributed by atoms with Gasteiger partial charge in [-0.3, -0.25) is 4.79 Å². The number of para-hydroxylation sites is 1. The molecule has 3 rings (SSSR count). The fourth-order valence-corrected chi connectivity index (χ4v) is 3.57. The van der Waals surface area contributed by atoms with Gasteiger partial charge in [-0.2, -0.15) is 0 Å². The Balaban J connectivity index is 1.90. The van der Waals surface area contributed by atoms with Crippen molar-refractivity contribution < 1.29 is 24.2 Å². The summed E-state index contributed by atoms with van der Waals surface area (Å²) in [5.74, 6) is -1.17. The largest absolute Gasteiger partial charge is 0.496 e. The number of nitrogens with one attached hydrogen (secondary N) is 2. The van der Waals surface area contributed by atoms with Crippen molar-refractivity contribution >= 4 is 38.7 Å². The Morgan fingerprint density at radius 3 is 2.61 bits per heavy atom. The van der Waals surface area contributed by atoms with Gasteiger partial charge in [-0.05, 0) is 39.7 Å². The second kappa shape index (κ2) is 8.35. The van der Waals surface area contributed by atoms with Crippen molar-refractivity contribution in [2.24, 2.45) is 0 Å². The first-order valence-electron chi connectivity index (χ1n) is 8.45. The summed E-state index contributed by atoms with van der Waals surface area (Å²) >= 11 is 3.33. The van der Waals surface area contributed by atoms with Crippen LogP contribution in [0.15, 0.2) is 47.1 Å². The zero-order chi connectivity index (χ0) is 20.3. The first-order chi connectivity index (χ1) is 13.5. The van der Waals surface area contributed by atoms with Gasteiger partial charge < -0.3 is 24.9 Å². The molecule has 7 nitrogen and oxygen atoms in total. The third kappa shape index (κ3) is 3.82. The molecule has 0 saturated carbocycles. The molecule has 146 valence electrons. The number of carboxylic acids is 1. The minimum Gasteiger partial charge on any atom is -0.496 e. The Kier molecular flexibility index (Phi) is 5.89. The summed E-state index contributed by atoms with van der Waals surface area (Å²) < 4.78 is 11.1. The van der Waals surface area contributed by atoms with E-state index in [1.54, 1.807) is 18.3 Å². The van der Waals surface area contributed by atoms with Crippen molar-refractivity contribution in [1.82, 2.24) is 10.3 Å². The number of hydrogen-bond donors (Lipinski definition) is 3. The molecular formula is C20H19BrN2O5. The average Bonchev–Trinajstić information content (AvgIpc) is 3.10. The second-order valence-electron chi connectivity index (χ2n) is 6.09. The zero-order valence-electron chi connectivity index (χ0n) is 15.3. The summed E-state index contributed by atoms with van der Waals surface area (Å²) in [5, 5.41) is 13.1. The molecule has 0 spiro atoms. The molecule has 0 aliphatic rings. The number of aromatic nitrogens is 1. The summed E-state index contributed by atoms with van der Waals surface area (Å²) in [5.41, 5.74) is 1.84. The Hall–Kier alpha value is -3.00. The van der Waals surface area contributed by atoms with Gasteiger partial charge in [0.2, 0.25) is 0 Å². The molecule has 2 aromatic carbocycles. The maximum Gasteiger partial charge on any atom is 0.326 e. The van der Waals surface area contributed by atoms with Crippen molar-refractivity contribution in [3.05, 3.63) is 58.2 Å². The van der Waals surface area contributed by atoms with Gasteiger partial charge >= 0.3 is 5.97 Å². The predicted octanol–water partition coefficient (Wildman–Crippen LogP) is 3.37. The molecule has 8 heteroatoms. The zero-order valence-corrected chi connectivity index (χ0v) is 16.9. The summed E-state index contributed by atoms with van der Waals surface area (Å²) in [6, 6.07) is 9.76. The number of fused-ring (bicyclic) bond motifs is 1. The average molecular weight is 447 g/mol. The molecule has 0 unspecified atom stereocenters. The van der Waals surface area contributed by atoms with Crippen LogP contribution in [0.25, 0.3) is 10.9 Å². The van der Waals surface area contributed by atoms with Crippen LogP contribution >= 0.6 is 15.9 Å². The van der Waals surface area contributed by atoms with Crippen LogP contribution in [0.1, 0.15) is 15.9 Å². The number of methoxy groups -OCH3 is 2. The van der Waals surface area contributed by atoms with E-state index in [4.69, 9.17) is 9.47 Å². The lowest BCUT2D eigenvalue weighted by Gasteiger charge is -2.18. The number of carbonyl (C=O) groups is 2. The normalized spacial score (nSPS) is 11.8.